The molecule has 1 aromatic carbocycles. The van der Waals surface area contributed by atoms with Crippen LogP contribution >= 0.6 is 0 Å². The van der Waals surface area contributed by atoms with Crippen LogP contribution in [0.4, 0.5) is 25.8 Å². The minimum absolute atomic E-state index is 0.0626. The minimum atomic E-state index is -0.964. The lowest BCUT2D eigenvalue weighted by Crippen LogP contribution is -2.00. The second kappa shape index (κ2) is 4.74. The molecule has 0 aliphatic heterocycles. The van der Waals surface area contributed by atoms with Gasteiger partial charge in [-0.2, -0.15) is 4.39 Å². The van der Waals surface area contributed by atoms with Crippen molar-refractivity contribution in [2.45, 2.75) is 0 Å². The summed E-state index contributed by atoms with van der Waals surface area (Å²) in [5.41, 5.74) is -0.558. The Kier molecular flexibility index (Phi) is 3.13. The molecule has 2 rings (SSSR count). The molecule has 0 unspecified atom stereocenters. The van der Waals surface area contributed by atoms with Crippen molar-refractivity contribution in [2.75, 3.05) is 5.32 Å². The number of aromatic nitrogens is 1. The topological polar surface area (TPSA) is 68.1 Å². The Bertz CT molecular complexity index is 605. The predicted molar refractivity (Wildman–Crippen MR) is 60.5 cm³/mol. The Labute approximate surface area is 100 Å². The monoisotopic (exact) mass is 251 g/mol. The number of hydrogen-bond donors (Lipinski definition) is 1. The van der Waals surface area contributed by atoms with E-state index in [1.54, 1.807) is 0 Å². The Balaban J connectivity index is 2.40. The van der Waals surface area contributed by atoms with Gasteiger partial charge in [0.05, 0.1) is 23.0 Å². The lowest BCUT2D eigenvalue weighted by Gasteiger charge is -2.06. The Morgan fingerprint density at radius 2 is 2.06 bits per heavy atom. The van der Waals surface area contributed by atoms with Crippen LogP contribution in [-0.4, -0.2) is 9.91 Å². The lowest BCUT2D eigenvalue weighted by molar-refractivity contribution is -0.386. The number of pyridine rings is 1. The van der Waals surface area contributed by atoms with E-state index in [4.69, 9.17) is 0 Å². The second-order valence-electron chi connectivity index (χ2n) is 3.41. The molecule has 2 aromatic rings. The Hall–Kier alpha value is -2.57. The van der Waals surface area contributed by atoms with E-state index in [9.17, 15) is 18.9 Å². The average molecular weight is 251 g/mol. The van der Waals surface area contributed by atoms with Crippen molar-refractivity contribution in [1.29, 1.82) is 0 Å². The molecule has 1 N–H and O–H groups in total. The summed E-state index contributed by atoms with van der Waals surface area (Å²) in [7, 11) is 0. The van der Waals surface area contributed by atoms with Crippen molar-refractivity contribution in [2.24, 2.45) is 0 Å². The van der Waals surface area contributed by atoms with Crippen molar-refractivity contribution in [3.63, 3.8) is 0 Å². The zero-order chi connectivity index (χ0) is 13.1. The molecule has 0 saturated heterocycles. The Morgan fingerprint density at radius 1 is 1.28 bits per heavy atom. The summed E-state index contributed by atoms with van der Waals surface area (Å²) in [5, 5.41) is 13.3. The van der Waals surface area contributed by atoms with Crippen molar-refractivity contribution < 1.29 is 13.7 Å². The third-order valence-corrected chi connectivity index (χ3v) is 2.15. The number of hydrogen-bond acceptors (Lipinski definition) is 4. The molecule has 0 aliphatic carbocycles. The van der Waals surface area contributed by atoms with E-state index >= 15 is 0 Å². The molecule has 5 nitrogen and oxygen atoms in total. The van der Waals surface area contributed by atoms with Crippen LogP contribution in [0.25, 0.3) is 0 Å². The average Bonchev–Trinajstić information content (AvgIpc) is 2.28. The summed E-state index contributed by atoms with van der Waals surface area (Å²) < 4.78 is 26.2. The quantitative estimate of drug-likeness (QED) is 0.672. The second-order valence-corrected chi connectivity index (χ2v) is 3.41. The number of halogens is 2. The number of nitro benzene ring substituents is 1. The largest absolute Gasteiger partial charge is 0.348 e. The fourth-order valence-corrected chi connectivity index (χ4v) is 1.44. The highest BCUT2D eigenvalue weighted by atomic mass is 19.1. The fourth-order valence-electron chi connectivity index (χ4n) is 1.44. The van der Waals surface area contributed by atoms with Crippen molar-refractivity contribution in [3.05, 3.63) is 58.4 Å². The van der Waals surface area contributed by atoms with Gasteiger partial charge in [-0.25, -0.2) is 4.39 Å². The summed E-state index contributed by atoms with van der Waals surface area (Å²) in [5.74, 6) is -1.56. The smallest absolute Gasteiger partial charge is 0.327 e. The molecule has 92 valence electrons. The number of rotatable bonds is 3. The molecule has 0 aliphatic rings. The first-order chi connectivity index (χ1) is 8.58. The zero-order valence-corrected chi connectivity index (χ0v) is 8.93. The van der Waals surface area contributed by atoms with Gasteiger partial charge < -0.3 is 5.32 Å². The van der Waals surface area contributed by atoms with Crippen LogP contribution in [0.5, 0.6) is 0 Å². The molecule has 1 heterocycles. The number of nitrogens with one attached hydrogen (secondary N) is 1. The van der Waals surface area contributed by atoms with Crippen molar-refractivity contribution in [1.82, 2.24) is 4.98 Å². The van der Waals surface area contributed by atoms with E-state index in [0.717, 1.165) is 18.3 Å². The summed E-state index contributed by atoms with van der Waals surface area (Å²) in [6.07, 6.45) is 2.27. The van der Waals surface area contributed by atoms with Crippen LogP contribution in [0.3, 0.4) is 0 Å². The molecule has 7 heteroatoms. The van der Waals surface area contributed by atoms with E-state index in [-0.39, 0.29) is 11.4 Å². The molecular formula is C11H7F2N3O2. The maximum Gasteiger partial charge on any atom is 0.327 e. The van der Waals surface area contributed by atoms with Gasteiger partial charge in [-0.15, -0.1) is 0 Å². The molecule has 0 amide bonds. The minimum Gasteiger partial charge on any atom is -0.348 e. The molecule has 1 aromatic heterocycles. The third-order valence-electron chi connectivity index (χ3n) is 2.15. The van der Waals surface area contributed by atoms with Crippen LogP contribution in [0.2, 0.25) is 0 Å². The van der Waals surface area contributed by atoms with Gasteiger partial charge in [0, 0.05) is 6.07 Å². The Morgan fingerprint density at radius 3 is 2.72 bits per heavy atom. The van der Waals surface area contributed by atoms with Crippen LogP contribution < -0.4 is 5.32 Å². The number of para-hydroxylation sites is 1. The van der Waals surface area contributed by atoms with Gasteiger partial charge in [-0.1, -0.05) is 6.07 Å². The highest BCUT2D eigenvalue weighted by Crippen LogP contribution is 2.29. The normalized spacial score (nSPS) is 10.1. The standard InChI is InChI=1S/C11H7F2N3O2/c12-7-4-8(6-14-5-7)15-10-3-1-2-9(13)11(10)16(17)18/h1-6,15H. The number of nitrogens with zero attached hydrogens (tertiary/aromatic N) is 2. The lowest BCUT2D eigenvalue weighted by atomic mass is 10.2. The molecule has 0 bridgehead atoms. The van der Waals surface area contributed by atoms with E-state index in [1.165, 1.54) is 18.3 Å². The number of nitro groups is 1. The molecule has 0 fully saturated rings. The van der Waals surface area contributed by atoms with E-state index < -0.39 is 22.2 Å². The van der Waals surface area contributed by atoms with Crippen LogP contribution in [0, 0.1) is 21.7 Å². The van der Waals surface area contributed by atoms with Gasteiger partial charge in [0.2, 0.25) is 5.82 Å². The number of benzene rings is 1. The van der Waals surface area contributed by atoms with Gasteiger partial charge in [-0.05, 0) is 12.1 Å². The van der Waals surface area contributed by atoms with Crippen LogP contribution in [0.1, 0.15) is 0 Å². The first kappa shape index (κ1) is 11.9. The SMILES string of the molecule is O=[N+]([O-])c1c(F)cccc1Nc1cncc(F)c1. The fraction of sp³-hybridized carbons (Fsp3) is 0. The van der Waals surface area contributed by atoms with Gasteiger partial charge in [0.25, 0.3) is 0 Å². The summed E-state index contributed by atoms with van der Waals surface area (Å²) in [6, 6.07) is 4.72. The van der Waals surface area contributed by atoms with Gasteiger partial charge in [-0.3, -0.25) is 15.1 Å². The molecular weight excluding hydrogens is 244 g/mol. The first-order valence-corrected chi connectivity index (χ1v) is 4.88. The van der Waals surface area contributed by atoms with Gasteiger partial charge in [0.1, 0.15) is 11.5 Å². The number of anilines is 2. The molecule has 18 heavy (non-hydrogen) atoms. The van der Waals surface area contributed by atoms with E-state index in [1.807, 2.05) is 0 Å². The van der Waals surface area contributed by atoms with Crippen molar-refractivity contribution in [3.8, 4) is 0 Å². The molecule has 0 saturated carbocycles. The summed E-state index contributed by atoms with van der Waals surface area (Å²) in [6.45, 7) is 0. The summed E-state index contributed by atoms with van der Waals surface area (Å²) in [4.78, 5) is 13.5. The first-order valence-electron chi connectivity index (χ1n) is 4.88. The maximum absolute atomic E-state index is 13.3. The van der Waals surface area contributed by atoms with Crippen LogP contribution in [-0.2, 0) is 0 Å². The summed E-state index contributed by atoms with van der Waals surface area (Å²) >= 11 is 0. The molecule has 0 radical (unpaired) electrons. The van der Waals surface area contributed by atoms with E-state index in [0.29, 0.717) is 0 Å². The van der Waals surface area contributed by atoms with Crippen LogP contribution in [0.15, 0.2) is 36.7 Å². The zero-order valence-electron chi connectivity index (χ0n) is 8.93. The highest BCUT2D eigenvalue weighted by molar-refractivity contribution is 5.69. The van der Waals surface area contributed by atoms with E-state index in [2.05, 4.69) is 10.3 Å². The molecule has 0 spiro atoms. The predicted octanol–water partition coefficient (Wildman–Crippen LogP) is 3.01. The van der Waals surface area contributed by atoms with Gasteiger partial charge >= 0.3 is 5.69 Å². The van der Waals surface area contributed by atoms with Gasteiger partial charge in [0.15, 0.2) is 0 Å². The highest BCUT2D eigenvalue weighted by Gasteiger charge is 2.19. The van der Waals surface area contributed by atoms with Crippen molar-refractivity contribution >= 4 is 17.1 Å². The maximum atomic E-state index is 13.3. The third kappa shape index (κ3) is 2.40. The molecule has 0 atom stereocenters.